The van der Waals surface area contributed by atoms with Gasteiger partial charge in [-0.15, -0.1) is 0 Å². The fraction of sp³-hybridized carbons (Fsp3) is 0.875. The summed E-state index contributed by atoms with van der Waals surface area (Å²) in [6.07, 6.45) is 5.34. The molecule has 1 saturated carbocycles. The van der Waals surface area contributed by atoms with E-state index in [1.165, 1.54) is 5.57 Å². The van der Waals surface area contributed by atoms with E-state index in [0.29, 0.717) is 12.5 Å². The number of nitrogens with zero attached hydrogens (tertiary/aromatic N) is 1. The van der Waals surface area contributed by atoms with Crippen LogP contribution in [0.1, 0.15) is 53.4 Å². The molecule has 0 aromatic rings. The topological polar surface area (TPSA) is 86.9 Å². The quantitative estimate of drug-likeness (QED) is 0.328. The fourth-order valence-corrected chi connectivity index (χ4v) is 6.50. The number of hydrogen-bond acceptors (Lipinski definition) is 5. The zero-order valence-corrected chi connectivity index (χ0v) is 19.7. The summed E-state index contributed by atoms with van der Waals surface area (Å²) in [5.41, 5.74) is 0.858. The minimum atomic E-state index is -0.811. The van der Waals surface area contributed by atoms with E-state index in [2.05, 4.69) is 39.1 Å². The molecule has 4 aliphatic rings. The van der Waals surface area contributed by atoms with Gasteiger partial charge in [0.1, 0.15) is 5.60 Å². The Balaban J connectivity index is 1.55. The number of nitrogens with one attached hydrogen (secondary N) is 1. The number of hydrogen-bond donors (Lipinski definition) is 2. The van der Waals surface area contributed by atoms with E-state index in [4.69, 9.17) is 14.2 Å². The third-order valence-electron chi connectivity index (χ3n) is 8.24. The van der Waals surface area contributed by atoms with Gasteiger partial charge in [-0.2, -0.15) is 0 Å². The minimum Gasteiger partial charge on any atom is -0.465 e. The summed E-state index contributed by atoms with van der Waals surface area (Å²) in [6.45, 7) is 11.8. The number of methoxy groups -OCH3 is 1. The second-order valence-corrected chi connectivity index (χ2v) is 10.4. The molecule has 3 saturated heterocycles. The first-order chi connectivity index (χ1) is 14.8. The molecule has 2 N–H and O–H groups in total. The number of ether oxygens (including phenoxy) is 3. The number of rotatable bonds is 9. The van der Waals surface area contributed by atoms with Gasteiger partial charge in [-0.1, -0.05) is 18.6 Å². The second-order valence-electron chi connectivity index (χ2n) is 10.4. The van der Waals surface area contributed by atoms with Crippen molar-refractivity contribution >= 4 is 6.09 Å². The summed E-state index contributed by atoms with van der Waals surface area (Å²) < 4.78 is 18.6. The molecule has 7 nitrogen and oxygen atoms in total. The van der Waals surface area contributed by atoms with Gasteiger partial charge in [0, 0.05) is 31.5 Å². The molecule has 1 amide bonds. The molecule has 8 atom stereocenters. The van der Waals surface area contributed by atoms with Crippen molar-refractivity contribution < 1.29 is 24.1 Å². The molecule has 31 heavy (non-hydrogen) atoms. The van der Waals surface area contributed by atoms with Crippen molar-refractivity contribution in [1.82, 2.24) is 10.2 Å². The number of amides is 1. The molecular weight excluding hydrogens is 396 g/mol. The molecule has 0 aromatic carbocycles. The van der Waals surface area contributed by atoms with E-state index in [1.54, 1.807) is 12.0 Å². The molecule has 4 fully saturated rings. The number of allylic oxidation sites excluding steroid dienone is 1. The largest absolute Gasteiger partial charge is 0.465 e. The molecule has 0 bridgehead atoms. The van der Waals surface area contributed by atoms with Crippen molar-refractivity contribution in [3.05, 3.63) is 11.6 Å². The van der Waals surface area contributed by atoms with E-state index < -0.39 is 6.09 Å². The third-order valence-corrected chi connectivity index (χ3v) is 8.24. The lowest BCUT2D eigenvalue weighted by Crippen LogP contribution is -2.67. The van der Waals surface area contributed by atoms with Gasteiger partial charge in [0.15, 0.2) is 0 Å². The zero-order chi connectivity index (χ0) is 22.4. The van der Waals surface area contributed by atoms with Crippen LogP contribution in [-0.2, 0) is 14.2 Å². The van der Waals surface area contributed by atoms with Crippen LogP contribution in [0.15, 0.2) is 11.6 Å². The zero-order valence-electron chi connectivity index (χ0n) is 19.7. The fourth-order valence-electron chi connectivity index (χ4n) is 6.50. The van der Waals surface area contributed by atoms with Crippen LogP contribution < -0.4 is 5.32 Å². The van der Waals surface area contributed by atoms with Gasteiger partial charge in [-0.05, 0) is 65.5 Å². The van der Waals surface area contributed by atoms with Crippen LogP contribution in [0.3, 0.4) is 0 Å². The van der Waals surface area contributed by atoms with Crippen molar-refractivity contribution in [3.63, 3.8) is 0 Å². The maximum absolute atomic E-state index is 12.0. The lowest BCUT2D eigenvalue weighted by molar-refractivity contribution is -0.130. The Kier molecular flexibility index (Phi) is 6.43. The van der Waals surface area contributed by atoms with Crippen molar-refractivity contribution in [2.24, 2.45) is 17.8 Å². The first-order valence-electron chi connectivity index (χ1n) is 12.0. The molecule has 0 aromatic heterocycles. The highest BCUT2D eigenvalue weighted by atomic mass is 16.6. The Bertz CT molecular complexity index is 704. The normalized spacial score (nSPS) is 43.5. The van der Waals surface area contributed by atoms with Crippen LogP contribution in [0.5, 0.6) is 0 Å². The highest BCUT2D eigenvalue weighted by Gasteiger charge is 2.72. The Morgan fingerprint density at radius 2 is 2.13 bits per heavy atom. The van der Waals surface area contributed by atoms with E-state index in [1.807, 2.05) is 0 Å². The molecule has 0 radical (unpaired) electrons. The van der Waals surface area contributed by atoms with Crippen LogP contribution in [0, 0.1) is 17.8 Å². The average Bonchev–Trinajstić information content (AvgIpc) is 3.61. The Morgan fingerprint density at radius 3 is 2.71 bits per heavy atom. The number of carbonyl (C=O) groups is 1. The number of epoxide rings is 2. The molecule has 1 spiro atoms. The lowest BCUT2D eigenvalue weighted by atomic mass is 9.61. The first kappa shape index (κ1) is 23.0. The van der Waals surface area contributed by atoms with Gasteiger partial charge in [0.2, 0.25) is 0 Å². The Hall–Kier alpha value is -1.15. The molecule has 3 heterocycles. The van der Waals surface area contributed by atoms with Gasteiger partial charge >= 0.3 is 6.09 Å². The van der Waals surface area contributed by atoms with Gasteiger partial charge < -0.3 is 29.5 Å². The summed E-state index contributed by atoms with van der Waals surface area (Å²) in [5, 5.41) is 13.2. The van der Waals surface area contributed by atoms with E-state index in [0.717, 1.165) is 45.4 Å². The maximum atomic E-state index is 12.0. The smallest absolute Gasteiger partial charge is 0.407 e. The van der Waals surface area contributed by atoms with E-state index in [-0.39, 0.29) is 41.3 Å². The average molecular weight is 437 g/mol. The van der Waals surface area contributed by atoms with Crippen molar-refractivity contribution in [2.75, 3.05) is 33.4 Å². The molecule has 176 valence electrons. The van der Waals surface area contributed by atoms with Gasteiger partial charge in [0.05, 0.1) is 24.4 Å². The molecule has 2 unspecified atom stereocenters. The predicted octanol–water partition coefficient (Wildman–Crippen LogP) is 3.29. The summed E-state index contributed by atoms with van der Waals surface area (Å²) in [6, 6.07) is 0.0123. The van der Waals surface area contributed by atoms with Crippen molar-refractivity contribution in [3.8, 4) is 0 Å². The molecule has 1 aliphatic carbocycles. The summed E-state index contributed by atoms with van der Waals surface area (Å²) >= 11 is 0. The van der Waals surface area contributed by atoms with E-state index >= 15 is 0 Å². The van der Waals surface area contributed by atoms with Crippen LogP contribution >= 0.6 is 0 Å². The number of likely N-dealkylation sites (tertiary alicyclic amines) is 1. The standard InChI is InChI=1S/C24H40N2O5/c1-6-25-12-10-16-13-26(22(27)28)19(16)17-9-11-24(14-30-24)21(20(17)29-5)23(4)18(31-23)8-7-15(2)3/h7,16-21,25H,6,8-14H2,1-5H3,(H,27,28)/t16?,17-,18-,19?,20+,21-,23+,24+/m1/s1. The van der Waals surface area contributed by atoms with Crippen molar-refractivity contribution in [1.29, 1.82) is 0 Å². The Morgan fingerprint density at radius 1 is 1.39 bits per heavy atom. The SMILES string of the molecule is CCNCCC1CN(C(=O)O)C1[C@H]1CC[C@]2(CO2)[C@@H]([C@@]2(C)O[C@@H]2CC=C(C)C)[C@H]1OC. The van der Waals surface area contributed by atoms with Crippen LogP contribution in [0.2, 0.25) is 0 Å². The minimum absolute atomic E-state index is 0.0123. The van der Waals surface area contributed by atoms with E-state index in [9.17, 15) is 9.90 Å². The molecule has 7 heteroatoms. The Labute approximate surface area is 186 Å². The molecule has 3 aliphatic heterocycles. The van der Waals surface area contributed by atoms with Crippen LogP contribution in [0.25, 0.3) is 0 Å². The predicted molar refractivity (Wildman–Crippen MR) is 118 cm³/mol. The van der Waals surface area contributed by atoms with Gasteiger partial charge in [-0.3, -0.25) is 0 Å². The van der Waals surface area contributed by atoms with Crippen LogP contribution in [0.4, 0.5) is 4.79 Å². The maximum Gasteiger partial charge on any atom is 0.407 e. The van der Waals surface area contributed by atoms with Gasteiger partial charge in [-0.25, -0.2) is 4.79 Å². The monoisotopic (exact) mass is 436 g/mol. The highest BCUT2D eigenvalue weighted by Crippen LogP contribution is 2.61. The summed E-state index contributed by atoms with van der Waals surface area (Å²) in [5.74, 6) is 0.679. The van der Waals surface area contributed by atoms with Crippen molar-refractivity contribution in [2.45, 2.75) is 82.8 Å². The summed E-state index contributed by atoms with van der Waals surface area (Å²) in [7, 11) is 1.78. The van der Waals surface area contributed by atoms with Crippen LogP contribution in [-0.4, -0.2) is 78.9 Å². The first-order valence-corrected chi connectivity index (χ1v) is 12.0. The molecular formula is C24H40N2O5. The molecule has 4 rings (SSSR count). The summed E-state index contributed by atoms with van der Waals surface area (Å²) in [4.78, 5) is 13.6. The second kappa shape index (κ2) is 8.65. The third kappa shape index (κ3) is 4.14. The highest BCUT2D eigenvalue weighted by molar-refractivity contribution is 5.67. The lowest BCUT2D eigenvalue weighted by Gasteiger charge is -2.55. The van der Waals surface area contributed by atoms with Gasteiger partial charge in [0.25, 0.3) is 0 Å². The number of carboxylic acid groups (broad SMARTS) is 1.